The summed E-state index contributed by atoms with van der Waals surface area (Å²) in [5, 5.41) is 30.3. The van der Waals surface area contributed by atoms with E-state index < -0.39 is 22.7 Å². The molecule has 0 aliphatic rings. The lowest BCUT2D eigenvalue weighted by molar-refractivity contribution is 0.0102. The molecule has 9 nitrogen and oxygen atoms in total. The summed E-state index contributed by atoms with van der Waals surface area (Å²) < 4.78 is 70.7. The second-order valence-corrected chi connectivity index (χ2v) is 9.83. The fourth-order valence-electron chi connectivity index (χ4n) is 3.94. The highest BCUT2D eigenvalue weighted by Gasteiger charge is 2.26. The number of anilines is 2. The molecular formula is C25H29F3N4O5S. The summed E-state index contributed by atoms with van der Waals surface area (Å²) in [6, 6.07) is 9.97. The average molecular weight is 555 g/mol. The first kappa shape index (κ1) is 29.1. The van der Waals surface area contributed by atoms with E-state index in [4.69, 9.17) is 9.88 Å². The molecule has 0 saturated carbocycles. The molecule has 3 aromatic rings. The number of nitrogens with zero attached hydrogens (tertiary/aromatic N) is 1. The number of sulfonamides is 1. The van der Waals surface area contributed by atoms with Crippen molar-refractivity contribution in [2.75, 3.05) is 37.5 Å². The minimum atomic E-state index is -3.93. The first-order valence-electron chi connectivity index (χ1n) is 11.6. The Kier molecular flexibility index (Phi) is 9.87. The maximum Gasteiger partial charge on any atom is 0.288 e. The molecule has 0 aliphatic heterocycles. The summed E-state index contributed by atoms with van der Waals surface area (Å²) in [5.41, 5.74) is 1.15. The number of benzene rings is 2. The molecule has 3 rings (SSSR count). The molecule has 6 N–H and O–H groups in total. The predicted octanol–water partition coefficient (Wildman–Crippen LogP) is 3.04. The van der Waals surface area contributed by atoms with Gasteiger partial charge in [0.05, 0.1) is 35.4 Å². The molecule has 0 aliphatic carbocycles. The van der Waals surface area contributed by atoms with Crippen molar-refractivity contribution >= 4 is 32.3 Å². The van der Waals surface area contributed by atoms with Gasteiger partial charge >= 0.3 is 0 Å². The van der Waals surface area contributed by atoms with Crippen LogP contribution in [0, 0.1) is 11.8 Å². The maximum absolute atomic E-state index is 14.7. The second kappa shape index (κ2) is 12.9. The van der Waals surface area contributed by atoms with E-state index in [9.17, 15) is 31.8 Å². The molecule has 1 atom stereocenters. The van der Waals surface area contributed by atoms with E-state index in [1.165, 1.54) is 37.4 Å². The first-order valence-corrected chi connectivity index (χ1v) is 13.1. The van der Waals surface area contributed by atoms with Crippen LogP contribution in [0.4, 0.5) is 24.5 Å². The van der Waals surface area contributed by atoms with Crippen LogP contribution in [-0.2, 0) is 10.0 Å². The number of rotatable bonds is 12. The zero-order chi connectivity index (χ0) is 27.9. The van der Waals surface area contributed by atoms with Crippen molar-refractivity contribution < 1.29 is 36.5 Å². The quantitative estimate of drug-likeness (QED) is 0.217. The minimum Gasteiger partial charge on any atom is -0.495 e. The van der Waals surface area contributed by atoms with Crippen LogP contribution in [0.2, 0.25) is 0 Å². The number of nitrogens with one attached hydrogen (secondary N) is 2. The summed E-state index contributed by atoms with van der Waals surface area (Å²) in [6.45, 7) is -0.240. The van der Waals surface area contributed by atoms with Crippen LogP contribution >= 0.6 is 0 Å². The number of aliphatic hydroxyl groups is 2. The van der Waals surface area contributed by atoms with E-state index in [1.807, 2.05) is 0 Å². The molecule has 0 fully saturated rings. The number of halogens is 3. The molecule has 0 bridgehead atoms. The number of primary sulfonamides is 1. The van der Waals surface area contributed by atoms with Crippen LogP contribution in [0.15, 0.2) is 47.4 Å². The summed E-state index contributed by atoms with van der Waals surface area (Å²) in [4.78, 5) is -0.138. The number of nitrogens with two attached hydrogens (primary N) is 1. The van der Waals surface area contributed by atoms with Crippen LogP contribution in [0.25, 0.3) is 10.9 Å². The highest BCUT2D eigenvalue weighted by atomic mass is 32.2. The third-order valence-electron chi connectivity index (χ3n) is 5.74. The van der Waals surface area contributed by atoms with Crippen molar-refractivity contribution in [3.63, 3.8) is 0 Å². The highest BCUT2D eigenvalue weighted by molar-refractivity contribution is 7.89. The number of aliphatic hydroxyl groups excluding tert-OH is 2. The molecule has 1 heterocycles. The van der Waals surface area contributed by atoms with Gasteiger partial charge in [0.2, 0.25) is 16.3 Å². The van der Waals surface area contributed by atoms with Crippen molar-refractivity contribution in [2.45, 2.75) is 36.5 Å². The van der Waals surface area contributed by atoms with Crippen molar-refractivity contribution in [1.82, 2.24) is 4.57 Å². The van der Waals surface area contributed by atoms with Gasteiger partial charge in [-0.2, -0.15) is 0 Å². The van der Waals surface area contributed by atoms with Gasteiger partial charge in [0.15, 0.2) is 0 Å². The topological polar surface area (TPSA) is 139 Å². The number of alkyl halides is 3. The van der Waals surface area contributed by atoms with E-state index in [1.54, 1.807) is 12.1 Å². The number of hydrogen-bond acceptors (Lipinski definition) is 7. The molecular weight excluding hydrogens is 525 g/mol. The summed E-state index contributed by atoms with van der Waals surface area (Å²) in [5.74, 6) is 5.69. The van der Waals surface area contributed by atoms with Gasteiger partial charge in [-0.1, -0.05) is 12.0 Å². The molecule has 1 aromatic heterocycles. The Labute approximate surface area is 218 Å². The second-order valence-electron chi connectivity index (χ2n) is 8.27. The third kappa shape index (κ3) is 6.90. The molecule has 0 radical (unpaired) electrons. The Bertz CT molecular complexity index is 1410. The van der Waals surface area contributed by atoms with Crippen LogP contribution in [0.1, 0.15) is 24.8 Å². The van der Waals surface area contributed by atoms with Gasteiger partial charge in [-0.15, -0.1) is 0 Å². The van der Waals surface area contributed by atoms with E-state index in [2.05, 4.69) is 22.5 Å². The van der Waals surface area contributed by atoms with Crippen LogP contribution in [0.3, 0.4) is 0 Å². The monoisotopic (exact) mass is 554 g/mol. The largest absolute Gasteiger partial charge is 0.495 e. The van der Waals surface area contributed by atoms with Gasteiger partial charge < -0.3 is 25.6 Å². The fourth-order valence-corrected chi connectivity index (χ4v) is 4.47. The van der Waals surface area contributed by atoms with Crippen LogP contribution in [-0.4, -0.2) is 62.5 Å². The SMILES string of the molecule is COc1cc(S(N)(=O)=O)ccc1NCC#Cc1cc2c(NC(CCO)CCO)cccc2n1C(F)C(F)F. The summed E-state index contributed by atoms with van der Waals surface area (Å²) in [6.07, 6.45) is -5.24. The Morgan fingerprint density at radius 3 is 2.39 bits per heavy atom. The van der Waals surface area contributed by atoms with E-state index in [-0.39, 0.29) is 47.7 Å². The lowest BCUT2D eigenvalue weighted by Gasteiger charge is -2.19. The first-order chi connectivity index (χ1) is 18.1. The van der Waals surface area contributed by atoms with Gasteiger partial charge in [-0.25, -0.2) is 26.7 Å². The van der Waals surface area contributed by atoms with Crippen molar-refractivity contribution in [1.29, 1.82) is 0 Å². The Balaban J connectivity index is 1.93. The Hall–Kier alpha value is -3.44. The third-order valence-corrected chi connectivity index (χ3v) is 6.65. The molecule has 2 aromatic carbocycles. The van der Waals surface area contributed by atoms with Crippen LogP contribution in [0.5, 0.6) is 5.75 Å². The molecule has 0 saturated heterocycles. The predicted molar refractivity (Wildman–Crippen MR) is 139 cm³/mol. The van der Waals surface area contributed by atoms with Gasteiger partial charge in [0.1, 0.15) is 5.75 Å². The number of fused-ring (bicyclic) bond motifs is 1. The van der Waals surface area contributed by atoms with E-state index in [0.29, 0.717) is 29.6 Å². The Morgan fingerprint density at radius 2 is 1.79 bits per heavy atom. The molecule has 38 heavy (non-hydrogen) atoms. The van der Waals surface area contributed by atoms with E-state index >= 15 is 0 Å². The van der Waals surface area contributed by atoms with Crippen molar-refractivity contribution in [3.05, 3.63) is 48.2 Å². The van der Waals surface area contributed by atoms with E-state index in [0.717, 1.165) is 4.57 Å². The Morgan fingerprint density at radius 1 is 1.08 bits per heavy atom. The van der Waals surface area contributed by atoms with Gasteiger partial charge in [-0.05, 0) is 49.1 Å². The minimum absolute atomic E-state index is 0.00157. The molecule has 0 amide bonds. The van der Waals surface area contributed by atoms with Gasteiger partial charge in [0, 0.05) is 36.4 Å². The maximum atomic E-state index is 14.7. The zero-order valence-corrected chi connectivity index (χ0v) is 21.3. The smallest absolute Gasteiger partial charge is 0.288 e. The van der Waals surface area contributed by atoms with Crippen LogP contribution < -0.4 is 20.5 Å². The highest BCUT2D eigenvalue weighted by Crippen LogP contribution is 2.33. The molecule has 1 unspecified atom stereocenters. The lowest BCUT2D eigenvalue weighted by Crippen LogP contribution is -2.22. The number of hydrogen-bond donors (Lipinski definition) is 5. The summed E-state index contributed by atoms with van der Waals surface area (Å²) in [7, 11) is -2.58. The number of ether oxygens (including phenoxy) is 1. The summed E-state index contributed by atoms with van der Waals surface area (Å²) >= 11 is 0. The van der Waals surface area contributed by atoms with Crippen molar-refractivity contribution in [2.24, 2.45) is 5.14 Å². The van der Waals surface area contributed by atoms with Gasteiger partial charge in [0.25, 0.3) is 6.43 Å². The van der Waals surface area contributed by atoms with Crippen molar-refractivity contribution in [3.8, 4) is 17.6 Å². The number of aromatic nitrogens is 1. The molecule has 0 spiro atoms. The van der Waals surface area contributed by atoms with Gasteiger partial charge in [-0.3, -0.25) is 4.57 Å². The fraction of sp³-hybridized carbons (Fsp3) is 0.360. The normalized spacial score (nSPS) is 12.4. The lowest BCUT2D eigenvalue weighted by atomic mass is 10.1. The number of methoxy groups -OCH3 is 1. The zero-order valence-electron chi connectivity index (χ0n) is 20.5. The standard InChI is InChI=1S/C25H29F3N4O5S/c1-37-23-15-18(38(29,35)36)7-8-21(23)30-11-3-4-17-14-19-20(31-16(9-12-33)10-13-34)5-2-6-22(19)32(17)25(28)24(26)27/h2,5-8,14-16,24-25,30-31,33-34H,9-13H2,1H3,(H2,29,35,36). The molecule has 13 heteroatoms. The average Bonchev–Trinajstić information content (AvgIpc) is 3.25. The molecule has 206 valence electrons.